The maximum Gasteiger partial charge on any atom is 0.446 e. The average Bonchev–Trinajstić information content (AvgIpc) is 2.37. The summed E-state index contributed by atoms with van der Waals surface area (Å²) >= 11 is 0. The Balaban J connectivity index is 2.22. The van der Waals surface area contributed by atoms with Gasteiger partial charge in [0.2, 0.25) is 0 Å². The van der Waals surface area contributed by atoms with Crippen LogP contribution >= 0.6 is 0 Å². The lowest BCUT2D eigenvalue weighted by Crippen LogP contribution is -2.47. The van der Waals surface area contributed by atoms with E-state index in [1.165, 1.54) is 0 Å². The van der Waals surface area contributed by atoms with E-state index in [0.29, 0.717) is 18.4 Å². The number of rotatable bonds is 3. The van der Waals surface area contributed by atoms with Crippen LogP contribution in [0.5, 0.6) is 0 Å². The first-order chi connectivity index (χ1) is 9.23. The number of carbonyl (C=O) groups is 1. The van der Waals surface area contributed by atoms with Crippen molar-refractivity contribution in [2.75, 3.05) is 0 Å². The molecule has 0 bridgehead atoms. The number of hydrogen-bond donors (Lipinski definition) is 2. The van der Waals surface area contributed by atoms with Gasteiger partial charge in [0.15, 0.2) is 0 Å². The summed E-state index contributed by atoms with van der Waals surface area (Å²) in [5, 5.41) is -2.85. The Morgan fingerprint density at radius 3 is 2.65 bits per heavy atom. The van der Waals surface area contributed by atoms with E-state index in [9.17, 15) is 22.0 Å². The summed E-state index contributed by atoms with van der Waals surface area (Å²) in [6.45, 7) is 0. The van der Waals surface area contributed by atoms with E-state index >= 15 is 0 Å². The van der Waals surface area contributed by atoms with Gasteiger partial charge in [0.05, 0.1) is 6.04 Å². The number of alkyl halides is 2. The van der Waals surface area contributed by atoms with Gasteiger partial charge in [-0.2, -0.15) is 17.2 Å². The average molecular weight is 305 g/mol. The zero-order valence-electron chi connectivity index (χ0n) is 10.3. The minimum atomic E-state index is -5.78. The first-order valence-corrected chi connectivity index (χ1v) is 7.41. The zero-order valence-corrected chi connectivity index (χ0v) is 11.2. The Bertz CT molecular complexity index is 630. The SMILES string of the molecule is O=C(NC1CCCc2ccccc21)C(F)(F)S(=O)(=O)O. The van der Waals surface area contributed by atoms with E-state index < -0.39 is 27.3 Å². The summed E-state index contributed by atoms with van der Waals surface area (Å²) in [5.41, 5.74) is 1.62. The van der Waals surface area contributed by atoms with E-state index in [0.717, 1.165) is 12.0 Å². The molecule has 0 aromatic heterocycles. The molecule has 0 radical (unpaired) electrons. The van der Waals surface area contributed by atoms with Gasteiger partial charge in [-0.05, 0) is 30.4 Å². The van der Waals surface area contributed by atoms with Crippen LogP contribution in [0.4, 0.5) is 8.78 Å². The van der Waals surface area contributed by atoms with E-state index in [1.54, 1.807) is 18.2 Å². The summed E-state index contributed by atoms with van der Waals surface area (Å²) in [5.74, 6) is -2.01. The van der Waals surface area contributed by atoms with Crippen molar-refractivity contribution in [3.63, 3.8) is 0 Å². The lowest BCUT2D eigenvalue weighted by atomic mass is 9.88. The molecule has 110 valence electrons. The molecule has 1 unspecified atom stereocenters. The Labute approximate surface area is 114 Å². The second-order valence-electron chi connectivity index (χ2n) is 4.61. The van der Waals surface area contributed by atoms with Crippen molar-refractivity contribution >= 4 is 16.0 Å². The lowest BCUT2D eigenvalue weighted by Gasteiger charge is -2.27. The molecule has 1 aromatic rings. The largest absolute Gasteiger partial charge is 0.446 e. The van der Waals surface area contributed by atoms with E-state index in [-0.39, 0.29) is 0 Å². The topological polar surface area (TPSA) is 83.5 Å². The molecule has 0 aliphatic heterocycles. The van der Waals surface area contributed by atoms with Crippen LogP contribution in [0.15, 0.2) is 24.3 Å². The Kier molecular flexibility index (Phi) is 3.79. The number of carbonyl (C=O) groups excluding carboxylic acids is 1. The first-order valence-electron chi connectivity index (χ1n) is 5.97. The van der Waals surface area contributed by atoms with Crippen molar-refractivity contribution in [2.45, 2.75) is 30.6 Å². The second kappa shape index (κ2) is 5.10. The molecule has 0 spiro atoms. The van der Waals surface area contributed by atoms with E-state index in [1.807, 2.05) is 11.4 Å². The Morgan fingerprint density at radius 1 is 1.35 bits per heavy atom. The van der Waals surface area contributed by atoms with E-state index in [4.69, 9.17) is 4.55 Å². The van der Waals surface area contributed by atoms with Gasteiger partial charge in [-0.25, -0.2) is 0 Å². The highest BCUT2D eigenvalue weighted by Gasteiger charge is 2.52. The van der Waals surface area contributed by atoms with Crippen molar-refractivity contribution in [2.24, 2.45) is 0 Å². The molecule has 0 saturated carbocycles. The third-order valence-electron chi connectivity index (χ3n) is 3.26. The van der Waals surface area contributed by atoms with Crippen molar-refractivity contribution in [1.82, 2.24) is 5.32 Å². The molecular weight excluding hydrogens is 292 g/mol. The fourth-order valence-electron chi connectivity index (χ4n) is 2.26. The van der Waals surface area contributed by atoms with Crippen LogP contribution < -0.4 is 5.32 Å². The number of aryl methyl sites for hydroxylation is 1. The summed E-state index contributed by atoms with van der Waals surface area (Å²) in [4.78, 5) is 11.4. The van der Waals surface area contributed by atoms with Gasteiger partial charge < -0.3 is 5.32 Å². The summed E-state index contributed by atoms with van der Waals surface area (Å²) in [7, 11) is -5.78. The van der Waals surface area contributed by atoms with Gasteiger partial charge in [-0.3, -0.25) is 9.35 Å². The number of nitrogens with one attached hydrogen (secondary N) is 1. The third-order valence-corrected chi connectivity index (χ3v) is 4.10. The van der Waals surface area contributed by atoms with Crippen LogP contribution in [0.3, 0.4) is 0 Å². The first kappa shape index (κ1) is 14.9. The van der Waals surface area contributed by atoms with Crippen molar-refractivity contribution < 1.29 is 26.5 Å². The Hall–Kier alpha value is -1.54. The number of halogens is 2. The molecule has 1 aromatic carbocycles. The molecule has 0 saturated heterocycles. The van der Waals surface area contributed by atoms with E-state index in [2.05, 4.69) is 0 Å². The van der Waals surface area contributed by atoms with Crippen LogP contribution in [0.25, 0.3) is 0 Å². The third kappa shape index (κ3) is 2.66. The van der Waals surface area contributed by atoms with Gasteiger partial charge in [0, 0.05) is 0 Å². The van der Waals surface area contributed by atoms with Crippen LogP contribution in [-0.2, 0) is 21.3 Å². The normalized spacial score (nSPS) is 19.2. The van der Waals surface area contributed by atoms with Gasteiger partial charge in [0.25, 0.3) is 0 Å². The molecule has 2 N–H and O–H groups in total. The molecule has 1 aliphatic carbocycles. The van der Waals surface area contributed by atoms with Crippen LogP contribution in [0, 0.1) is 0 Å². The fraction of sp³-hybridized carbons (Fsp3) is 0.417. The monoisotopic (exact) mass is 305 g/mol. The quantitative estimate of drug-likeness (QED) is 0.832. The number of amides is 1. The smallest absolute Gasteiger partial charge is 0.343 e. The summed E-state index contributed by atoms with van der Waals surface area (Å²) < 4.78 is 55.9. The highest BCUT2D eigenvalue weighted by atomic mass is 32.2. The molecule has 5 nitrogen and oxygen atoms in total. The molecule has 0 heterocycles. The van der Waals surface area contributed by atoms with Crippen molar-refractivity contribution in [3.05, 3.63) is 35.4 Å². The molecule has 8 heteroatoms. The molecule has 1 amide bonds. The summed E-state index contributed by atoms with van der Waals surface area (Å²) in [6, 6.07) is 6.36. The predicted octanol–water partition coefficient (Wildman–Crippen LogP) is 1.66. The number of hydrogen-bond acceptors (Lipinski definition) is 3. The van der Waals surface area contributed by atoms with Crippen molar-refractivity contribution in [1.29, 1.82) is 0 Å². The van der Waals surface area contributed by atoms with Crippen LogP contribution in [-0.4, -0.2) is 24.1 Å². The highest BCUT2D eigenvalue weighted by molar-refractivity contribution is 7.87. The van der Waals surface area contributed by atoms with Crippen LogP contribution in [0.2, 0.25) is 0 Å². The summed E-state index contributed by atoms with van der Waals surface area (Å²) in [6.07, 6.45) is 1.90. The maximum atomic E-state index is 13.2. The maximum absolute atomic E-state index is 13.2. The molecule has 1 aliphatic rings. The van der Waals surface area contributed by atoms with Gasteiger partial charge in [-0.15, -0.1) is 0 Å². The second-order valence-corrected chi connectivity index (χ2v) is 6.07. The highest BCUT2D eigenvalue weighted by Crippen LogP contribution is 2.31. The van der Waals surface area contributed by atoms with Crippen LogP contribution in [0.1, 0.15) is 30.0 Å². The van der Waals surface area contributed by atoms with Gasteiger partial charge in [0.1, 0.15) is 0 Å². The predicted molar refractivity (Wildman–Crippen MR) is 66.8 cm³/mol. The Morgan fingerprint density at radius 2 is 2.00 bits per heavy atom. The lowest BCUT2D eigenvalue weighted by molar-refractivity contribution is -0.137. The standard InChI is InChI=1S/C12H13F2NO4S/c13-12(14,20(17,18)19)11(16)15-10-7-3-5-8-4-1-2-6-9(8)10/h1-2,4,6,10H,3,5,7H2,(H,15,16)(H,17,18,19). The minimum Gasteiger partial charge on any atom is -0.343 e. The molecule has 0 fully saturated rings. The van der Waals surface area contributed by atoms with Gasteiger partial charge >= 0.3 is 21.3 Å². The van der Waals surface area contributed by atoms with Crippen molar-refractivity contribution in [3.8, 4) is 0 Å². The van der Waals surface area contributed by atoms with Gasteiger partial charge in [-0.1, -0.05) is 24.3 Å². The molecular formula is C12H13F2NO4S. The number of fused-ring (bicyclic) bond motifs is 1. The minimum absolute atomic E-state index is 0.435. The number of benzene rings is 1. The molecule has 20 heavy (non-hydrogen) atoms. The fourth-order valence-corrected chi connectivity index (χ4v) is 2.56. The molecule has 1 atom stereocenters. The zero-order chi connectivity index (χ0) is 15.0. The molecule has 2 rings (SSSR count).